The van der Waals surface area contributed by atoms with Crippen molar-refractivity contribution in [3.8, 4) is 0 Å². The molecule has 0 saturated carbocycles. The van der Waals surface area contributed by atoms with Gasteiger partial charge in [0.1, 0.15) is 5.75 Å². The lowest BCUT2D eigenvalue weighted by Gasteiger charge is -2.11. The van der Waals surface area contributed by atoms with E-state index in [1.165, 1.54) is 14.1 Å². The molecule has 0 atom stereocenters. The van der Waals surface area contributed by atoms with Crippen molar-refractivity contribution in [1.82, 2.24) is 9.29 Å². The lowest BCUT2D eigenvalue weighted by atomic mass is 10.1. The van der Waals surface area contributed by atoms with E-state index >= 15 is 0 Å². The summed E-state index contributed by atoms with van der Waals surface area (Å²) >= 11 is 0. The molecule has 1 rings (SSSR count). The number of hydrogen-bond donors (Lipinski definition) is 0. The molecular formula is C11H16N2O3S. The predicted molar refractivity (Wildman–Crippen MR) is 65.5 cm³/mol. The number of carbonyl (C=O) groups excluding carboxylic acids is 1. The van der Waals surface area contributed by atoms with Gasteiger partial charge in [0.05, 0.1) is 0 Å². The first-order valence-electron chi connectivity index (χ1n) is 5.11. The lowest BCUT2D eigenvalue weighted by molar-refractivity contribution is 0.101. The van der Waals surface area contributed by atoms with Crippen LogP contribution in [0, 0.1) is 13.8 Å². The van der Waals surface area contributed by atoms with Gasteiger partial charge >= 0.3 is 0 Å². The molecule has 0 aromatic carbocycles. The SMILES string of the molecule is Cc1ccc(C(=O)CS(=O)(=O)N(C)C)c(C)n1. The number of hydrogen-bond acceptors (Lipinski definition) is 4. The van der Waals surface area contributed by atoms with Gasteiger partial charge in [0.2, 0.25) is 10.0 Å². The maximum absolute atomic E-state index is 11.9. The molecule has 1 heterocycles. The van der Waals surface area contributed by atoms with E-state index in [0.717, 1.165) is 10.00 Å². The molecule has 0 aliphatic heterocycles. The fourth-order valence-corrected chi connectivity index (χ4v) is 2.10. The fourth-order valence-electron chi connectivity index (χ4n) is 1.35. The van der Waals surface area contributed by atoms with Crippen molar-refractivity contribution in [2.45, 2.75) is 13.8 Å². The van der Waals surface area contributed by atoms with Crippen molar-refractivity contribution >= 4 is 15.8 Å². The smallest absolute Gasteiger partial charge is 0.221 e. The number of Topliss-reactive ketones (excluding diaryl/α,β-unsaturated/α-hetero) is 1. The Morgan fingerprint density at radius 2 is 1.88 bits per heavy atom. The Labute approximate surface area is 102 Å². The van der Waals surface area contributed by atoms with Crippen LogP contribution in [0.25, 0.3) is 0 Å². The summed E-state index contributed by atoms with van der Waals surface area (Å²) in [4.78, 5) is 16.0. The number of pyridine rings is 1. The summed E-state index contributed by atoms with van der Waals surface area (Å²) in [6.07, 6.45) is 0. The lowest BCUT2D eigenvalue weighted by Crippen LogP contribution is -2.29. The van der Waals surface area contributed by atoms with Crippen LogP contribution in [0.3, 0.4) is 0 Å². The van der Waals surface area contributed by atoms with Crippen molar-refractivity contribution in [3.05, 3.63) is 29.1 Å². The third-order valence-corrected chi connectivity index (χ3v) is 4.13. The van der Waals surface area contributed by atoms with E-state index in [0.29, 0.717) is 11.3 Å². The molecule has 0 amide bonds. The maximum Gasteiger partial charge on any atom is 0.221 e. The Hall–Kier alpha value is -1.27. The van der Waals surface area contributed by atoms with E-state index in [4.69, 9.17) is 0 Å². The van der Waals surface area contributed by atoms with Crippen molar-refractivity contribution in [2.24, 2.45) is 0 Å². The third kappa shape index (κ3) is 3.34. The first-order chi connectivity index (χ1) is 7.74. The molecular weight excluding hydrogens is 240 g/mol. The summed E-state index contributed by atoms with van der Waals surface area (Å²) in [7, 11) is -0.705. The van der Waals surface area contributed by atoms with E-state index in [-0.39, 0.29) is 0 Å². The number of sulfonamides is 1. The molecule has 1 aromatic heterocycles. The number of carbonyl (C=O) groups is 1. The van der Waals surface area contributed by atoms with E-state index in [1.54, 1.807) is 19.1 Å². The number of rotatable bonds is 4. The monoisotopic (exact) mass is 256 g/mol. The maximum atomic E-state index is 11.9. The molecule has 1 aromatic rings. The minimum atomic E-state index is -3.52. The summed E-state index contributed by atoms with van der Waals surface area (Å²) in [5.74, 6) is -0.949. The topological polar surface area (TPSA) is 67.3 Å². The van der Waals surface area contributed by atoms with Crippen molar-refractivity contribution in [3.63, 3.8) is 0 Å². The van der Waals surface area contributed by atoms with Crippen LogP contribution in [0.2, 0.25) is 0 Å². The highest BCUT2D eigenvalue weighted by Crippen LogP contribution is 2.09. The van der Waals surface area contributed by atoms with Crippen molar-refractivity contribution in [1.29, 1.82) is 0 Å². The Morgan fingerprint density at radius 3 is 2.35 bits per heavy atom. The number of aromatic nitrogens is 1. The standard InChI is InChI=1S/C11H16N2O3S/c1-8-5-6-10(9(2)12-8)11(14)7-17(15,16)13(3)4/h5-6H,7H2,1-4H3. The van der Waals surface area contributed by atoms with Crippen LogP contribution < -0.4 is 0 Å². The van der Waals surface area contributed by atoms with Gasteiger partial charge < -0.3 is 0 Å². The van der Waals surface area contributed by atoms with Gasteiger partial charge in [-0.1, -0.05) is 0 Å². The molecule has 0 saturated heterocycles. The fraction of sp³-hybridized carbons (Fsp3) is 0.455. The molecule has 6 heteroatoms. The van der Waals surface area contributed by atoms with Crippen LogP contribution >= 0.6 is 0 Å². The second kappa shape index (κ2) is 4.93. The molecule has 0 N–H and O–H groups in total. The summed E-state index contributed by atoms with van der Waals surface area (Å²) in [5.41, 5.74) is 1.72. The van der Waals surface area contributed by atoms with E-state index < -0.39 is 21.6 Å². The van der Waals surface area contributed by atoms with Crippen LogP contribution in [-0.2, 0) is 10.0 Å². The zero-order chi connectivity index (χ0) is 13.2. The van der Waals surface area contributed by atoms with Crippen LogP contribution in [0.5, 0.6) is 0 Å². The van der Waals surface area contributed by atoms with Gasteiger partial charge in [-0.25, -0.2) is 12.7 Å². The zero-order valence-electron chi connectivity index (χ0n) is 10.4. The van der Waals surface area contributed by atoms with Gasteiger partial charge in [0, 0.05) is 31.0 Å². The Balaban J connectivity index is 2.99. The number of aryl methyl sites for hydroxylation is 2. The second-order valence-electron chi connectivity index (χ2n) is 4.05. The van der Waals surface area contributed by atoms with E-state index in [2.05, 4.69) is 4.98 Å². The quantitative estimate of drug-likeness (QED) is 0.746. The Morgan fingerprint density at radius 1 is 1.29 bits per heavy atom. The molecule has 0 spiro atoms. The predicted octanol–water partition coefficient (Wildman–Crippen LogP) is 0.773. The average Bonchev–Trinajstić information content (AvgIpc) is 2.15. The molecule has 0 bridgehead atoms. The second-order valence-corrected chi connectivity index (χ2v) is 6.23. The average molecular weight is 256 g/mol. The van der Waals surface area contributed by atoms with Crippen LogP contribution in [0.4, 0.5) is 0 Å². The number of nitrogens with zero attached hydrogens (tertiary/aromatic N) is 2. The molecule has 0 radical (unpaired) electrons. The highest BCUT2D eigenvalue weighted by atomic mass is 32.2. The molecule has 17 heavy (non-hydrogen) atoms. The summed E-state index contributed by atoms with van der Waals surface area (Å²) in [6, 6.07) is 3.31. The number of ketones is 1. The highest BCUT2D eigenvalue weighted by Gasteiger charge is 2.21. The van der Waals surface area contributed by atoms with E-state index in [9.17, 15) is 13.2 Å². The van der Waals surface area contributed by atoms with Gasteiger partial charge in [-0.05, 0) is 26.0 Å². The Kier molecular flexibility index (Phi) is 4.00. The molecule has 94 valence electrons. The van der Waals surface area contributed by atoms with Crippen molar-refractivity contribution < 1.29 is 13.2 Å². The first kappa shape index (κ1) is 13.8. The van der Waals surface area contributed by atoms with Crippen molar-refractivity contribution in [2.75, 3.05) is 19.8 Å². The minimum absolute atomic E-state index is 0.362. The van der Waals surface area contributed by atoms with Gasteiger partial charge in [0.15, 0.2) is 5.78 Å². The normalized spacial score (nSPS) is 11.8. The zero-order valence-corrected chi connectivity index (χ0v) is 11.2. The molecule has 0 unspecified atom stereocenters. The third-order valence-electron chi connectivity index (χ3n) is 2.40. The summed E-state index contributed by atoms with van der Waals surface area (Å²) in [5, 5.41) is 0. The van der Waals surface area contributed by atoms with Crippen LogP contribution in [0.1, 0.15) is 21.7 Å². The van der Waals surface area contributed by atoms with E-state index in [1.807, 2.05) is 6.92 Å². The van der Waals surface area contributed by atoms with Gasteiger partial charge in [-0.3, -0.25) is 9.78 Å². The summed E-state index contributed by atoms with van der Waals surface area (Å²) < 4.78 is 24.2. The van der Waals surface area contributed by atoms with Crippen LogP contribution in [-0.4, -0.2) is 43.3 Å². The first-order valence-corrected chi connectivity index (χ1v) is 6.72. The summed E-state index contributed by atoms with van der Waals surface area (Å²) in [6.45, 7) is 3.51. The van der Waals surface area contributed by atoms with Crippen LogP contribution in [0.15, 0.2) is 12.1 Å². The molecule has 0 aliphatic rings. The molecule has 0 fully saturated rings. The minimum Gasteiger partial charge on any atom is -0.293 e. The largest absolute Gasteiger partial charge is 0.293 e. The van der Waals surface area contributed by atoms with Gasteiger partial charge in [-0.2, -0.15) is 0 Å². The van der Waals surface area contributed by atoms with Gasteiger partial charge in [-0.15, -0.1) is 0 Å². The molecule has 0 aliphatic carbocycles. The molecule has 5 nitrogen and oxygen atoms in total. The van der Waals surface area contributed by atoms with Gasteiger partial charge in [0.25, 0.3) is 0 Å². The Bertz CT molecular complexity index is 536. The highest BCUT2D eigenvalue weighted by molar-refractivity contribution is 7.89.